The monoisotopic (exact) mass is 298 g/mol. The van der Waals surface area contributed by atoms with Gasteiger partial charge in [-0.3, -0.25) is 4.79 Å². The molecular weight excluding hydrogens is 276 g/mol. The van der Waals surface area contributed by atoms with E-state index in [1.54, 1.807) is 18.2 Å². The molecule has 3 N–H and O–H groups in total. The lowest BCUT2D eigenvalue weighted by molar-refractivity contribution is -0.119. The van der Waals surface area contributed by atoms with E-state index in [4.69, 9.17) is 22.1 Å². The highest BCUT2D eigenvalue weighted by Crippen LogP contribution is 2.28. The molecule has 1 aromatic carbocycles. The van der Waals surface area contributed by atoms with E-state index in [2.05, 4.69) is 5.32 Å². The number of ether oxygens (including phenoxy) is 1. The second-order valence-electron chi connectivity index (χ2n) is 5.83. The Kier molecular flexibility index (Phi) is 5.84. The molecule has 112 valence electrons. The highest BCUT2D eigenvalue weighted by Gasteiger charge is 2.27. The van der Waals surface area contributed by atoms with Crippen LogP contribution in [0.4, 0.5) is 5.69 Å². The lowest BCUT2D eigenvalue weighted by atomic mass is 9.87. The van der Waals surface area contributed by atoms with Crippen LogP contribution in [-0.4, -0.2) is 18.6 Å². The van der Waals surface area contributed by atoms with E-state index >= 15 is 0 Å². The molecule has 0 aromatic heterocycles. The summed E-state index contributed by atoms with van der Waals surface area (Å²) in [7, 11) is 0. The predicted octanol–water partition coefficient (Wildman–Crippen LogP) is 3.44. The molecule has 0 spiro atoms. The maximum atomic E-state index is 12.0. The maximum Gasteiger partial charge on any atom is 0.241 e. The highest BCUT2D eigenvalue weighted by molar-refractivity contribution is 6.32. The summed E-state index contributed by atoms with van der Waals surface area (Å²) in [6.45, 7) is 8.40. The van der Waals surface area contributed by atoms with Crippen LogP contribution in [0.15, 0.2) is 18.2 Å². The van der Waals surface area contributed by atoms with Gasteiger partial charge in [-0.2, -0.15) is 0 Å². The number of carbonyl (C=O) groups excluding carboxylic acids is 1. The molecule has 0 unspecified atom stereocenters. The summed E-state index contributed by atoms with van der Waals surface area (Å²) >= 11 is 6.11. The number of halogens is 1. The molecule has 1 rings (SSSR count). The highest BCUT2D eigenvalue weighted by atomic mass is 35.5. The summed E-state index contributed by atoms with van der Waals surface area (Å²) in [4.78, 5) is 12.0. The van der Waals surface area contributed by atoms with Gasteiger partial charge in [0.05, 0.1) is 17.7 Å². The van der Waals surface area contributed by atoms with E-state index in [-0.39, 0.29) is 11.3 Å². The summed E-state index contributed by atoms with van der Waals surface area (Å²) in [6, 6.07) is 4.58. The number of carbonyl (C=O) groups is 1. The van der Waals surface area contributed by atoms with Crippen LogP contribution >= 0.6 is 11.6 Å². The molecule has 0 heterocycles. The average Bonchev–Trinajstić information content (AvgIpc) is 2.35. The Balaban J connectivity index is 2.74. The second-order valence-corrected chi connectivity index (χ2v) is 6.23. The lowest BCUT2D eigenvalue weighted by Gasteiger charge is -2.25. The van der Waals surface area contributed by atoms with Crippen molar-refractivity contribution in [2.75, 3.05) is 11.9 Å². The van der Waals surface area contributed by atoms with Crippen molar-refractivity contribution in [2.24, 2.45) is 11.1 Å². The Morgan fingerprint density at radius 1 is 1.45 bits per heavy atom. The van der Waals surface area contributed by atoms with Crippen molar-refractivity contribution in [1.82, 2.24) is 0 Å². The molecule has 0 radical (unpaired) electrons. The van der Waals surface area contributed by atoms with Crippen molar-refractivity contribution in [3.63, 3.8) is 0 Å². The quantitative estimate of drug-likeness (QED) is 0.875. The topological polar surface area (TPSA) is 64.3 Å². The third kappa shape index (κ3) is 4.69. The van der Waals surface area contributed by atoms with Gasteiger partial charge in [0.2, 0.25) is 5.91 Å². The van der Waals surface area contributed by atoms with Gasteiger partial charge in [0.15, 0.2) is 0 Å². The largest absolute Gasteiger partial charge is 0.492 e. The van der Waals surface area contributed by atoms with Gasteiger partial charge in [-0.05, 0) is 30.0 Å². The van der Waals surface area contributed by atoms with Crippen LogP contribution in [0.1, 0.15) is 34.1 Å². The fourth-order valence-electron chi connectivity index (χ4n) is 1.52. The van der Waals surface area contributed by atoms with Crippen LogP contribution in [0.3, 0.4) is 0 Å². The van der Waals surface area contributed by atoms with E-state index in [0.29, 0.717) is 23.1 Å². The van der Waals surface area contributed by atoms with Gasteiger partial charge >= 0.3 is 0 Å². The third-order valence-corrected chi connectivity index (χ3v) is 3.17. The number of amides is 1. The minimum absolute atomic E-state index is 0.226. The minimum atomic E-state index is -0.586. The van der Waals surface area contributed by atoms with E-state index in [9.17, 15) is 4.79 Å². The van der Waals surface area contributed by atoms with Crippen LogP contribution in [-0.2, 0) is 4.79 Å². The summed E-state index contributed by atoms with van der Waals surface area (Å²) in [5, 5.41) is 3.24. The molecule has 5 heteroatoms. The molecule has 4 nitrogen and oxygen atoms in total. The third-order valence-electron chi connectivity index (χ3n) is 2.88. The van der Waals surface area contributed by atoms with E-state index < -0.39 is 6.04 Å². The zero-order chi connectivity index (χ0) is 15.3. The van der Waals surface area contributed by atoms with Gasteiger partial charge < -0.3 is 15.8 Å². The Hall–Kier alpha value is -1.26. The SMILES string of the molecule is CCCOc1ccc(NC(=O)[C@H](N)C(C)(C)C)cc1Cl. The Morgan fingerprint density at radius 2 is 2.10 bits per heavy atom. The molecule has 1 aromatic rings. The number of hydrogen-bond acceptors (Lipinski definition) is 3. The van der Waals surface area contributed by atoms with E-state index in [0.717, 1.165) is 6.42 Å². The minimum Gasteiger partial charge on any atom is -0.492 e. The molecule has 0 saturated carbocycles. The molecule has 20 heavy (non-hydrogen) atoms. The maximum absolute atomic E-state index is 12.0. The number of rotatable bonds is 5. The Labute approximate surface area is 125 Å². The molecule has 0 fully saturated rings. The molecular formula is C15H23ClN2O2. The molecule has 1 atom stereocenters. The summed E-state index contributed by atoms with van der Waals surface area (Å²) < 4.78 is 5.48. The van der Waals surface area contributed by atoms with Gasteiger partial charge in [-0.25, -0.2) is 0 Å². The average molecular weight is 299 g/mol. The van der Waals surface area contributed by atoms with Crippen molar-refractivity contribution < 1.29 is 9.53 Å². The zero-order valence-corrected chi connectivity index (χ0v) is 13.3. The van der Waals surface area contributed by atoms with Gasteiger partial charge in [0, 0.05) is 5.69 Å². The molecule has 0 bridgehead atoms. The fraction of sp³-hybridized carbons (Fsp3) is 0.533. The number of benzene rings is 1. The molecule has 0 aliphatic carbocycles. The first kappa shape index (κ1) is 16.8. The smallest absolute Gasteiger partial charge is 0.241 e. The van der Waals surface area contributed by atoms with Crippen LogP contribution in [0.2, 0.25) is 5.02 Å². The first-order valence-corrected chi connectivity index (χ1v) is 7.12. The first-order chi connectivity index (χ1) is 9.25. The summed E-state index contributed by atoms with van der Waals surface area (Å²) in [5.74, 6) is 0.391. The normalized spacial score (nSPS) is 12.9. The van der Waals surface area contributed by atoms with Crippen LogP contribution in [0, 0.1) is 5.41 Å². The van der Waals surface area contributed by atoms with Crippen molar-refractivity contribution >= 4 is 23.2 Å². The van der Waals surface area contributed by atoms with Gasteiger partial charge in [0.25, 0.3) is 0 Å². The number of hydrogen-bond donors (Lipinski definition) is 2. The van der Waals surface area contributed by atoms with Crippen molar-refractivity contribution in [3.8, 4) is 5.75 Å². The second kappa shape index (κ2) is 6.95. The van der Waals surface area contributed by atoms with E-state index in [1.807, 2.05) is 27.7 Å². The van der Waals surface area contributed by atoms with Gasteiger partial charge in [-0.1, -0.05) is 39.3 Å². The van der Waals surface area contributed by atoms with Crippen LogP contribution < -0.4 is 15.8 Å². The molecule has 0 aliphatic heterocycles. The molecule has 0 saturated heterocycles. The van der Waals surface area contributed by atoms with Crippen LogP contribution in [0.25, 0.3) is 0 Å². The van der Waals surface area contributed by atoms with Crippen molar-refractivity contribution in [2.45, 2.75) is 40.2 Å². The zero-order valence-electron chi connectivity index (χ0n) is 12.5. The Bertz CT molecular complexity index is 469. The fourth-order valence-corrected chi connectivity index (χ4v) is 1.76. The number of anilines is 1. The number of nitrogens with two attached hydrogens (primary N) is 1. The first-order valence-electron chi connectivity index (χ1n) is 6.74. The number of nitrogens with one attached hydrogen (secondary N) is 1. The lowest BCUT2D eigenvalue weighted by Crippen LogP contribution is -2.45. The van der Waals surface area contributed by atoms with Crippen molar-refractivity contribution in [3.05, 3.63) is 23.2 Å². The standard InChI is InChI=1S/C15H23ClN2O2/c1-5-8-20-12-7-6-10(9-11(12)16)18-14(19)13(17)15(2,3)4/h6-7,9,13H,5,8,17H2,1-4H3,(H,18,19)/t13-/m0/s1. The predicted molar refractivity (Wildman–Crippen MR) is 83.3 cm³/mol. The summed E-state index contributed by atoms with van der Waals surface area (Å²) in [6.07, 6.45) is 0.912. The van der Waals surface area contributed by atoms with Crippen molar-refractivity contribution in [1.29, 1.82) is 0 Å². The Morgan fingerprint density at radius 3 is 2.60 bits per heavy atom. The molecule has 0 aliphatic rings. The van der Waals surface area contributed by atoms with Gasteiger partial charge in [0.1, 0.15) is 5.75 Å². The van der Waals surface area contributed by atoms with Crippen LogP contribution in [0.5, 0.6) is 5.75 Å². The molecule has 1 amide bonds. The summed E-state index contributed by atoms with van der Waals surface area (Å²) in [5.41, 5.74) is 6.23. The van der Waals surface area contributed by atoms with E-state index in [1.165, 1.54) is 0 Å². The van der Waals surface area contributed by atoms with Gasteiger partial charge in [-0.15, -0.1) is 0 Å².